The van der Waals surface area contributed by atoms with Crippen LogP contribution in [0.25, 0.3) is 11.3 Å². The van der Waals surface area contributed by atoms with Gasteiger partial charge in [-0.25, -0.2) is 9.37 Å². The lowest BCUT2D eigenvalue weighted by Gasteiger charge is -2.46. The molecule has 2 atom stereocenters. The highest BCUT2D eigenvalue weighted by atomic mass is 19.1. The van der Waals surface area contributed by atoms with Crippen LogP contribution < -0.4 is 19.9 Å². The molecule has 5 aliphatic rings. The Bertz CT molecular complexity index is 1370. The number of benzene rings is 1. The number of pyridine rings is 1. The Labute approximate surface area is 208 Å². The monoisotopic (exact) mass is 486 g/mol. The van der Waals surface area contributed by atoms with E-state index in [2.05, 4.69) is 15.2 Å². The molecule has 184 valence electrons. The number of piperazine rings is 1. The number of hydrogen-bond acceptors (Lipinski definition) is 7. The zero-order chi connectivity index (χ0) is 24.4. The molecule has 4 aliphatic heterocycles. The number of amides is 1. The summed E-state index contributed by atoms with van der Waals surface area (Å²) in [4.78, 5) is 32.0. The van der Waals surface area contributed by atoms with Crippen LogP contribution in [0.15, 0.2) is 36.5 Å². The second kappa shape index (κ2) is 8.23. The number of nitrogens with zero attached hydrogens (tertiary/aromatic N) is 5. The number of ether oxygens (including phenoxy) is 1. The number of anilines is 2. The van der Waals surface area contributed by atoms with Crippen LogP contribution in [0, 0.1) is 5.82 Å². The molecule has 0 spiro atoms. The van der Waals surface area contributed by atoms with Gasteiger partial charge in [0.15, 0.2) is 0 Å². The van der Waals surface area contributed by atoms with Crippen LogP contribution in [-0.2, 0) is 6.54 Å². The maximum Gasteiger partial charge on any atom is 0.260 e. The van der Waals surface area contributed by atoms with Crippen molar-refractivity contribution in [1.82, 2.24) is 20.3 Å². The quantitative estimate of drug-likeness (QED) is 0.589. The lowest BCUT2D eigenvalue weighted by Crippen LogP contribution is -2.61. The average Bonchev–Trinajstić information content (AvgIpc) is 3.72. The van der Waals surface area contributed by atoms with Crippen LogP contribution >= 0.6 is 0 Å². The summed E-state index contributed by atoms with van der Waals surface area (Å²) in [6.45, 7) is 2.08. The summed E-state index contributed by atoms with van der Waals surface area (Å²) in [6.07, 6.45) is 6.07. The number of halogens is 1. The van der Waals surface area contributed by atoms with Gasteiger partial charge in [0.25, 0.3) is 5.91 Å². The van der Waals surface area contributed by atoms with Crippen molar-refractivity contribution in [1.29, 1.82) is 0 Å². The highest BCUT2D eigenvalue weighted by Gasteiger charge is 2.38. The summed E-state index contributed by atoms with van der Waals surface area (Å²) in [5.41, 5.74) is 2.89. The molecule has 1 aliphatic carbocycles. The fourth-order valence-electron chi connectivity index (χ4n) is 5.78. The van der Waals surface area contributed by atoms with Gasteiger partial charge in [-0.3, -0.25) is 14.7 Å². The fraction of sp³-hybridized carbons (Fsp3) is 0.407. The number of carbonyl (C=O) groups excluding carboxylic acids is 1. The van der Waals surface area contributed by atoms with Gasteiger partial charge in [-0.05, 0) is 43.9 Å². The first-order valence-electron chi connectivity index (χ1n) is 12.6. The summed E-state index contributed by atoms with van der Waals surface area (Å²) in [5.74, 6) is 1.53. The van der Waals surface area contributed by atoms with Crippen molar-refractivity contribution >= 4 is 17.7 Å². The van der Waals surface area contributed by atoms with Crippen molar-refractivity contribution in [3.05, 3.63) is 59.2 Å². The number of hydrogen-bond donors (Lipinski definition) is 1. The van der Waals surface area contributed by atoms with E-state index in [1.165, 1.54) is 19.6 Å². The van der Waals surface area contributed by atoms with Crippen molar-refractivity contribution in [2.45, 2.75) is 50.2 Å². The normalized spacial score (nSPS) is 22.8. The number of rotatable bonds is 5. The van der Waals surface area contributed by atoms with Gasteiger partial charge in [-0.15, -0.1) is 0 Å². The SMILES string of the molecule is COc1cccc(F)c1-c1nccc2c1CN(c1cc(C3CC3)nc(N3CC4CCC3CN4)n1)C2=O. The molecular weight excluding hydrogens is 459 g/mol. The number of methoxy groups -OCH3 is 1. The van der Waals surface area contributed by atoms with E-state index >= 15 is 0 Å². The number of carbonyl (C=O) groups is 1. The van der Waals surface area contributed by atoms with Crippen LogP contribution in [0.1, 0.15) is 53.2 Å². The largest absolute Gasteiger partial charge is 0.496 e. The highest BCUT2D eigenvalue weighted by Crippen LogP contribution is 2.43. The molecule has 2 bridgehead atoms. The van der Waals surface area contributed by atoms with Gasteiger partial charge in [0.1, 0.15) is 17.4 Å². The van der Waals surface area contributed by atoms with Crippen LogP contribution in [-0.4, -0.2) is 53.1 Å². The van der Waals surface area contributed by atoms with E-state index in [-0.39, 0.29) is 18.0 Å². The molecule has 3 aromatic rings. The molecule has 8 rings (SSSR count). The van der Waals surface area contributed by atoms with E-state index in [1.807, 2.05) is 6.07 Å². The first-order chi connectivity index (χ1) is 17.6. The smallest absolute Gasteiger partial charge is 0.260 e. The van der Waals surface area contributed by atoms with Gasteiger partial charge in [0.2, 0.25) is 5.95 Å². The molecule has 1 saturated carbocycles. The topological polar surface area (TPSA) is 83.5 Å². The number of piperidine rings is 2. The molecule has 3 saturated heterocycles. The summed E-state index contributed by atoms with van der Waals surface area (Å²) < 4.78 is 20.4. The minimum Gasteiger partial charge on any atom is -0.496 e. The lowest BCUT2D eigenvalue weighted by atomic mass is 9.93. The van der Waals surface area contributed by atoms with Gasteiger partial charge in [-0.1, -0.05) is 6.07 Å². The second-order valence-corrected chi connectivity index (χ2v) is 10.1. The van der Waals surface area contributed by atoms with Crippen molar-refractivity contribution < 1.29 is 13.9 Å². The van der Waals surface area contributed by atoms with Gasteiger partial charge in [0.05, 0.1) is 30.6 Å². The van der Waals surface area contributed by atoms with Crippen molar-refractivity contribution in [2.24, 2.45) is 0 Å². The third-order valence-electron chi connectivity index (χ3n) is 7.88. The van der Waals surface area contributed by atoms with Crippen LogP contribution in [0.3, 0.4) is 0 Å². The molecule has 2 unspecified atom stereocenters. The van der Waals surface area contributed by atoms with E-state index in [0.29, 0.717) is 52.3 Å². The van der Waals surface area contributed by atoms with Gasteiger partial charge in [0, 0.05) is 54.5 Å². The van der Waals surface area contributed by atoms with E-state index in [9.17, 15) is 9.18 Å². The molecule has 8 nitrogen and oxygen atoms in total. The highest BCUT2D eigenvalue weighted by molar-refractivity contribution is 6.10. The summed E-state index contributed by atoms with van der Waals surface area (Å²) in [7, 11) is 1.50. The third kappa shape index (κ3) is 3.44. The minimum atomic E-state index is -0.435. The molecule has 1 amide bonds. The molecule has 4 fully saturated rings. The zero-order valence-electron chi connectivity index (χ0n) is 20.1. The van der Waals surface area contributed by atoms with E-state index < -0.39 is 5.82 Å². The Morgan fingerprint density at radius 2 is 2.03 bits per heavy atom. The summed E-state index contributed by atoms with van der Waals surface area (Å²) >= 11 is 0. The van der Waals surface area contributed by atoms with Gasteiger partial charge in [-0.2, -0.15) is 4.98 Å². The Morgan fingerprint density at radius 1 is 1.14 bits per heavy atom. The minimum absolute atomic E-state index is 0.155. The Balaban J connectivity index is 1.29. The maximum atomic E-state index is 14.9. The molecule has 1 aromatic carbocycles. The number of nitrogens with one attached hydrogen (secondary N) is 1. The standard InChI is InChI=1S/C27H27FN6O2/c1-36-22-4-2-3-20(28)24(22)25-19-14-34(26(35)18(19)9-10-29-25)23-11-21(15-5-6-15)31-27(32-23)33-13-16-7-8-17(33)12-30-16/h2-4,9-11,15-17,30H,5-8,12-14H2,1H3. The molecule has 2 aromatic heterocycles. The first-order valence-corrected chi connectivity index (χ1v) is 12.6. The van der Waals surface area contributed by atoms with Crippen molar-refractivity contribution in [2.75, 3.05) is 30.0 Å². The van der Waals surface area contributed by atoms with E-state index in [4.69, 9.17) is 14.7 Å². The Kier molecular flexibility index (Phi) is 4.95. The number of aromatic nitrogens is 3. The molecule has 0 radical (unpaired) electrons. The fourth-order valence-corrected chi connectivity index (χ4v) is 5.78. The predicted octanol–water partition coefficient (Wildman–Crippen LogP) is 3.66. The second-order valence-electron chi connectivity index (χ2n) is 10.1. The molecule has 1 N–H and O–H groups in total. The van der Waals surface area contributed by atoms with Crippen LogP contribution in [0.5, 0.6) is 5.75 Å². The van der Waals surface area contributed by atoms with Crippen molar-refractivity contribution in [3.8, 4) is 17.0 Å². The first kappa shape index (κ1) is 21.7. The van der Waals surface area contributed by atoms with E-state index in [1.54, 1.807) is 29.3 Å². The van der Waals surface area contributed by atoms with E-state index in [0.717, 1.165) is 38.0 Å². The third-order valence-corrected chi connectivity index (χ3v) is 7.88. The molecule has 6 heterocycles. The van der Waals surface area contributed by atoms with Gasteiger partial charge >= 0.3 is 0 Å². The zero-order valence-corrected chi connectivity index (χ0v) is 20.1. The van der Waals surface area contributed by atoms with Crippen molar-refractivity contribution in [3.63, 3.8) is 0 Å². The maximum absolute atomic E-state index is 14.9. The Hall–Kier alpha value is -3.59. The molecular formula is C27H27FN6O2. The molecule has 9 heteroatoms. The summed E-state index contributed by atoms with van der Waals surface area (Å²) in [5, 5.41) is 3.58. The predicted molar refractivity (Wildman–Crippen MR) is 133 cm³/mol. The number of fused-ring (bicyclic) bond motifs is 4. The summed E-state index contributed by atoms with van der Waals surface area (Å²) in [6, 6.07) is 9.17. The van der Waals surface area contributed by atoms with Crippen LogP contribution in [0.2, 0.25) is 0 Å². The van der Waals surface area contributed by atoms with Crippen LogP contribution in [0.4, 0.5) is 16.2 Å². The molecule has 36 heavy (non-hydrogen) atoms. The lowest BCUT2D eigenvalue weighted by molar-refractivity contribution is 0.0996. The average molecular weight is 487 g/mol. The Morgan fingerprint density at radius 3 is 2.75 bits per heavy atom. The van der Waals surface area contributed by atoms with Gasteiger partial charge < -0.3 is 15.0 Å².